The number of anilines is 3. The van der Waals surface area contributed by atoms with E-state index in [2.05, 4.69) is 52.1 Å². The Morgan fingerprint density at radius 3 is 2.69 bits per heavy atom. The van der Waals surface area contributed by atoms with Crippen LogP contribution in [-0.2, 0) is 29.5 Å². The number of carbonyl (C=O) groups excluding carboxylic acids is 1. The van der Waals surface area contributed by atoms with E-state index < -0.39 is 5.41 Å². The van der Waals surface area contributed by atoms with E-state index in [1.165, 1.54) is 24.0 Å². The van der Waals surface area contributed by atoms with Gasteiger partial charge in [-0.25, -0.2) is 9.97 Å². The second-order valence-electron chi connectivity index (χ2n) is 10.3. The number of benzene rings is 2. The van der Waals surface area contributed by atoms with Gasteiger partial charge >= 0.3 is 0 Å². The smallest absolute Gasteiger partial charge is 0.234 e. The maximum absolute atomic E-state index is 12.5. The minimum atomic E-state index is -0.551. The van der Waals surface area contributed by atoms with Crippen LogP contribution in [0.25, 0.3) is 0 Å². The van der Waals surface area contributed by atoms with Crippen LogP contribution in [-0.4, -0.2) is 29.0 Å². The number of nitrogens with one attached hydrogen (secondary N) is 3. The van der Waals surface area contributed by atoms with Crippen LogP contribution in [0.4, 0.5) is 17.3 Å². The molecule has 3 N–H and O–H groups in total. The number of carbonyl (C=O) groups is 1. The Balaban J connectivity index is 1.34. The molecule has 188 valence electrons. The van der Waals surface area contributed by atoms with Crippen molar-refractivity contribution < 1.29 is 4.79 Å². The standard InChI is InChI=1S/C29H34ClN5O/c1-4-18-16-21(19-12-14-31-15-13-19)9-10-23(18)34-28-32-17-22(30)24(35-28)11-8-20-6-5-7-25-26(20)29(2,3)27(36)33-25/h5-7,9-10,16-17,19,31H,4,8,11-15H2,1-3H3,(H,33,36)(H,32,34,35). The van der Waals surface area contributed by atoms with Crippen LogP contribution < -0.4 is 16.0 Å². The Hall–Kier alpha value is -2.96. The van der Waals surface area contributed by atoms with Gasteiger partial charge in [0.1, 0.15) is 0 Å². The van der Waals surface area contributed by atoms with Crippen LogP contribution >= 0.6 is 11.6 Å². The van der Waals surface area contributed by atoms with Gasteiger partial charge in [0.15, 0.2) is 0 Å². The lowest BCUT2D eigenvalue weighted by Crippen LogP contribution is -2.27. The quantitative estimate of drug-likeness (QED) is 0.373. The van der Waals surface area contributed by atoms with E-state index in [4.69, 9.17) is 16.6 Å². The first kappa shape index (κ1) is 24.7. The molecule has 2 aliphatic heterocycles. The highest BCUT2D eigenvalue weighted by molar-refractivity contribution is 6.31. The number of piperidine rings is 1. The van der Waals surface area contributed by atoms with Crippen LogP contribution in [0, 0.1) is 0 Å². The number of rotatable bonds is 7. The van der Waals surface area contributed by atoms with Crippen LogP contribution in [0.1, 0.15) is 67.5 Å². The number of amides is 1. The van der Waals surface area contributed by atoms with Gasteiger partial charge in [-0.2, -0.15) is 0 Å². The van der Waals surface area contributed by atoms with Gasteiger partial charge in [0.25, 0.3) is 0 Å². The van der Waals surface area contributed by atoms with Gasteiger partial charge in [0.2, 0.25) is 11.9 Å². The van der Waals surface area contributed by atoms with Crippen molar-refractivity contribution in [1.29, 1.82) is 0 Å². The zero-order chi connectivity index (χ0) is 25.3. The minimum absolute atomic E-state index is 0.0365. The molecule has 0 radical (unpaired) electrons. The summed E-state index contributed by atoms with van der Waals surface area (Å²) >= 11 is 6.50. The fourth-order valence-corrected chi connectivity index (χ4v) is 5.68. The summed E-state index contributed by atoms with van der Waals surface area (Å²) in [6.07, 6.45) is 6.38. The molecule has 0 aliphatic carbocycles. The van der Waals surface area contributed by atoms with E-state index in [0.29, 0.717) is 23.3 Å². The molecule has 0 unspecified atom stereocenters. The third-order valence-corrected chi connectivity index (χ3v) is 7.92. The molecule has 2 aromatic carbocycles. The second-order valence-corrected chi connectivity index (χ2v) is 10.7. The Bertz CT molecular complexity index is 1280. The third kappa shape index (κ3) is 4.84. The number of aryl methyl sites for hydroxylation is 3. The number of halogens is 1. The first-order valence-corrected chi connectivity index (χ1v) is 13.3. The molecule has 36 heavy (non-hydrogen) atoms. The largest absolute Gasteiger partial charge is 0.325 e. The second kappa shape index (κ2) is 10.2. The predicted octanol–water partition coefficient (Wildman–Crippen LogP) is 5.92. The lowest BCUT2D eigenvalue weighted by molar-refractivity contribution is -0.119. The van der Waals surface area contributed by atoms with Gasteiger partial charge in [-0.1, -0.05) is 42.8 Å². The van der Waals surface area contributed by atoms with Gasteiger partial charge in [-0.15, -0.1) is 0 Å². The summed E-state index contributed by atoms with van der Waals surface area (Å²) in [5, 5.41) is 10.4. The van der Waals surface area contributed by atoms with E-state index >= 15 is 0 Å². The summed E-state index contributed by atoms with van der Waals surface area (Å²) in [6.45, 7) is 8.30. The van der Waals surface area contributed by atoms with E-state index in [-0.39, 0.29) is 5.91 Å². The first-order valence-electron chi connectivity index (χ1n) is 12.9. The molecule has 3 heterocycles. The molecule has 2 aliphatic rings. The van der Waals surface area contributed by atoms with E-state index in [9.17, 15) is 4.79 Å². The fraction of sp³-hybridized carbons (Fsp3) is 0.414. The molecule has 1 amide bonds. The van der Waals surface area contributed by atoms with Crippen molar-refractivity contribution in [2.24, 2.45) is 0 Å². The zero-order valence-corrected chi connectivity index (χ0v) is 22.0. The Morgan fingerprint density at radius 2 is 1.92 bits per heavy atom. The molecular formula is C29H34ClN5O. The molecule has 5 rings (SSSR count). The molecule has 1 aromatic heterocycles. The van der Waals surface area contributed by atoms with E-state index in [0.717, 1.165) is 54.1 Å². The maximum atomic E-state index is 12.5. The van der Waals surface area contributed by atoms with Crippen LogP contribution in [0.15, 0.2) is 42.6 Å². The molecule has 0 bridgehead atoms. The van der Waals surface area contributed by atoms with Crippen molar-refractivity contribution in [2.75, 3.05) is 23.7 Å². The summed E-state index contributed by atoms with van der Waals surface area (Å²) in [4.78, 5) is 21.7. The van der Waals surface area contributed by atoms with Crippen molar-refractivity contribution in [3.8, 4) is 0 Å². The van der Waals surface area contributed by atoms with Crippen molar-refractivity contribution in [2.45, 2.75) is 64.2 Å². The zero-order valence-electron chi connectivity index (χ0n) is 21.2. The lowest BCUT2D eigenvalue weighted by atomic mass is 9.82. The molecular weight excluding hydrogens is 470 g/mol. The highest BCUT2D eigenvalue weighted by Crippen LogP contribution is 2.40. The molecule has 0 spiro atoms. The van der Waals surface area contributed by atoms with Gasteiger partial charge in [0.05, 0.1) is 22.3 Å². The van der Waals surface area contributed by atoms with Gasteiger partial charge in [0, 0.05) is 11.4 Å². The Labute approximate surface area is 218 Å². The monoisotopic (exact) mass is 503 g/mol. The molecule has 0 atom stereocenters. The normalized spacial score (nSPS) is 17.1. The number of nitrogens with zero attached hydrogens (tertiary/aromatic N) is 2. The minimum Gasteiger partial charge on any atom is -0.325 e. The molecule has 0 saturated carbocycles. The molecule has 1 saturated heterocycles. The van der Waals surface area contributed by atoms with E-state index in [1.807, 2.05) is 26.0 Å². The van der Waals surface area contributed by atoms with Crippen LogP contribution in [0.3, 0.4) is 0 Å². The lowest BCUT2D eigenvalue weighted by Gasteiger charge is -2.24. The topological polar surface area (TPSA) is 78.9 Å². The predicted molar refractivity (Wildman–Crippen MR) is 146 cm³/mol. The van der Waals surface area contributed by atoms with Crippen LogP contribution in [0.5, 0.6) is 0 Å². The van der Waals surface area contributed by atoms with Crippen molar-refractivity contribution in [1.82, 2.24) is 15.3 Å². The molecule has 7 heteroatoms. The van der Waals surface area contributed by atoms with E-state index in [1.54, 1.807) is 6.20 Å². The Kier molecular flexibility index (Phi) is 7.00. The molecule has 6 nitrogen and oxygen atoms in total. The molecule has 3 aromatic rings. The SMILES string of the molecule is CCc1cc(C2CCNCC2)ccc1Nc1ncc(Cl)c(CCc2cccc3c2C(C)(C)C(=O)N3)n1. The summed E-state index contributed by atoms with van der Waals surface area (Å²) in [6, 6.07) is 12.8. The number of hydrogen-bond acceptors (Lipinski definition) is 5. The molecule has 1 fully saturated rings. The average Bonchev–Trinajstić information content (AvgIpc) is 3.13. The highest BCUT2D eigenvalue weighted by atomic mass is 35.5. The number of hydrogen-bond donors (Lipinski definition) is 3. The maximum Gasteiger partial charge on any atom is 0.234 e. The van der Waals surface area contributed by atoms with Crippen molar-refractivity contribution in [3.63, 3.8) is 0 Å². The first-order chi connectivity index (χ1) is 17.4. The summed E-state index contributed by atoms with van der Waals surface area (Å²) < 4.78 is 0. The third-order valence-electron chi connectivity index (χ3n) is 7.61. The van der Waals surface area contributed by atoms with Crippen molar-refractivity contribution in [3.05, 3.63) is 75.6 Å². The van der Waals surface area contributed by atoms with Crippen LogP contribution in [0.2, 0.25) is 5.02 Å². The summed E-state index contributed by atoms with van der Waals surface area (Å²) in [5.41, 5.74) is 7.08. The van der Waals surface area contributed by atoms with Gasteiger partial charge in [-0.05, 0) is 99.3 Å². The van der Waals surface area contributed by atoms with Gasteiger partial charge in [-0.3, -0.25) is 4.79 Å². The summed E-state index contributed by atoms with van der Waals surface area (Å²) in [7, 11) is 0. The number of aromatic nitrogens is 2. The van der Waals surface area contributed by atoms with Gasteiger partial charge < -0.3 is 16.0 Å². The Morgan fingerprint density at radius 1 is 1.11 bits per heavy atom. The average molecular weight is 504 g/mol. The number of fused-ring (bicyclic) bond motifs is 1. The van der Waals surface area contributed by atoms with Crippen molar-refractivity contribution >= 4 is 34.8 Å². The fourth-order valence-electron chi connectivity index (χ4n) is 5.49. The highest BCUT2D eigenvalue weighted by Gasteiger charge is 2.39. The summed E-state index contributed by atoms with van der Waals surface area (Å²) in [5.74, 6) is 1.21.